The first-order valence-electron chi connectivity index (χ1n) is 7.44. The number of unbranched alkanes of at least 4 members (excludes halogenated alkanes) is 1. The molecule has 0 aromatic heterocycles. The zero-order valence-corrected chi connectivity index (χ0v) is 15.6. The minimum absolute atomic E-state index is 0.0591. The van der Waals surface area contributed by atoms with Crippen molar-refractivity contribution in [3.63, 3.8) is 0 Å². The van der Waals surface area contributed by atoms with E-state index in [1.807, 2.05) is 11.8 Å². The Bertz CT molecular complexity index is 534. The summed E-state index contributed by atoms with van der Waals surface area (Å²) in [5, 5.41) is 2.42. The van der Waals surface area contributed by atoms with Crippen LogP contribution in [0.2, 0.25) is 4.47 Å². The summed E-state index contributed by atoms with van der Waals surface area (Å²) < 4.78 is 3.02. The second-order valence-corrected chi connectivity index (χ2v) is 8.95. The molecule has 2 heteroatoms. The third kappa shape index (κ3) is 6.30. The molecule has 0 heterocycles. The van der Waals surface area contributed by atoms with Gasteiger partial charge in [-0.05, 0) is 0 Å². The van der Waals surface area contributed by atoms with Crippen LogP contribution < -0.4 is 0 Å². The third-order valence-electron chi connectivity index (χ3n) is 3.10. The average Bonchev–Trinajstić information content (AvgIpc) is 2.55. The molecule has 0 spiro atoms. The van der Waals surface area contributed by atoms with Crippen LogP contribution in [-0.2, 0) is 5.75 Å². The summed E-state index contributed by atoms with van der Waals surface area (Å²) in [7, 11) is 0. The molecule has 0 N–H and O–H groups in total. The van der Waals surface area contributed by atoms with Crippen LogP contribution in [0.5, 0.6) is 0 Å². The standard InChI is InChI=1S/C19H22STe/c1-2-3-14-21-19(18-12-8-5-9-13-18)16-20-15-17-10-6-4-7-11-17/h4-13,16H,2-3,14-15H2,1H3/b19-16+. The Balaban J connectivity index is 1.99. The molecule has 0 saturated heterocycles. The van der Waals surface area contributed by atoms with E-state index in [0.29, 0.717) is 0 Å². The van der Waals surface area contributed by atoms with Gasteiger partial charge < -0.3 is 0 Å². The van der Waals surface area contributed by atoms with Crippen LogP contribution >= 0.6 is 11.8 Å². The molecule has 0 atom stereocenters. The molecule has 21 heavy (non-hydrogen) atoms. The van der Waals surface area contributed by atoms with Gasteiger partial charge in [0.2, 0.25) is 0 Å². The van der Waals surface area contributed by atoms with Gasteiger partial charge in [0.05, 0.1) is 0 Å². The molecule has 0 radical (unpaired) electrons. The number of rotatable bonds is 8. The van der Waals surface area contributed by atoms with E-state index in [2.05, 4.69) is 73.0 Å². The number of thioether (sulfide) groups is 1. The zero-order chi connectivity index (χ0) is 14.8. The summed E-state index contributed by atoms with van der Waals surface area (Å²) in [6, 6.07) is 21.6. The van der Waals surface area contributed by atoms with Gasteiger partial charge in [-0.15, -0.1) is 0 Å². The van der Waals surface area contributed by atoms with E-state index in [1.165, 1.54) is 28.4 Å². The van der Waals surface area contributed by atoms with Crippen molar-refractivity contribution in [2.24, 2.45) is 0 Å². The van der Waals surface area contributed by atoms with Crippen molar-refractivity contribution in [2.75, 3.05) is 0 Å². The molecule has 2 aromatic carbocycles. The fourth-order valence-electron chi connectivity index (χ4n) is 1.90. The Morgan fingerprint density at radius 3 is 2.33 bits per heavy atom. The van der Waals surface area contributed by atoms with Crippen LogP contribution in [0, 0.1) is 0 Å². The van der Waals surface area contributed by atoms with Crippen LogP contribution in [0.15, 0.2) is 66.1 Å². The predicted octanol–water partition coefficient (Wildman–Crippen LogP) is 5.84. The molecule has 0 aliphatic heterocycles. The van der Waals surface area contributed by atoms with Gasteiger partial charge in [0.25, 0.3) is 0 Å². The number of benzene rings is 2. The van der Waals surface area contributed by atoms with E-state index in [1.54, 1.807) is 3.62 Å². The van der Waals surface area contributed by atoms with E-state index in [4.69, 9.17) is 0 Å². The van der Waals surface area contributed by atoms with E-state index in [0.717, 1.165) is 5.75 Å². The van der Waals surface area contributed by atoms with Crippen LogP contribution in [-0.4, -0.2) is 20.9 Å². The van der Waals surface area contributed by atoms with Crippen molar-refractivity contribution in [3.8, 4) is 0 Å². The normalized spacial score (nSPS) is 11.6. The Hall–Kier alpha value is -0.680. The van der Waals surface area contributed by atoms with Crippen LogP contribution in [0.4, 0.5) is 0 Å². The molecule has 0 amide bonds. The first-order chi connectivity index (χ1) is 10.4. The summed E-state index contributed by atoms with van der Waals surface area (Å²) >= 11 is 1.88. The van der Waals surface area contributed by atoms with Crippen molar-refractivity contribution in [1.82, 2.24) is 0 Å². The maximum atomic E-state index is 2.42. The van der Waals surface area contributed by atoms with Crippen LogP contribution in [0.1, 0.15) is 30.9 Å². The molecule has 2 rings (SSSR count). The zero-order valence-electron chi connectivity index (χ0n) is 12.5. The number of hydrogen-bond acceptors (Lipinski definition) is 1. The van der Waals surface area contributed by atoms with Gasteiger partial charge in [0.1, 0.15) is 0 Å². The van der Waals surface area contributed by atoms with E-state index < -0.39 is 0 Å². The SMILES string of the molecule is CCCC[Te]/C(=C/SCc1ccccc1)c1ccccc1. The first-order valence-corrected chi connectivity index (χ1v) is 11.3. The van der Waals surface area contributed by atoms with E-state index in [9.17, 15) is 0 Å². The van der Waals surface area contributed by atoms with Gasteiger partial charge in [-0.3, -0.25) is 0 Å². The molecular formula is C19H22STe. The maximum absolute atomic E-state index is 2.42. The van der Waals surface area contributed by atoms with E-state index in [-0.39, 0.29) is 20.9 Å². The Kier molecular flexibility index (Phi) is 8.04. The predicted molar refractivity (Wildman–Crippen MR) is 97.6 cm³/mol. The molecule has 0 aliphatic carbocycles. The minimum atomic E-state index is -0.0591. The van der Waals surface area contributed by atoms with E-state index >= 15 is 0 Å². The molecule has 0 bridgehead atoms. The summed E-state index contributed by atoms with van der Waals surface area (Å²) in [5.74, 6) is 1.07. The average molecular weight is 410 g/mol. The summed E-state index contributed by atoms with van der Waals surface area (Å²) in [4.78, 5) is 0. The summed E-state index contributed by atoms with van der Waals surface area (Å²) in [6.07, 6.45) is 2.68. The molecule has 0 nitrogen and oxygen atoms in total. The Labute approximate surface area is 143 Å². The quantitative estimate of drug-likeness (QED) is 0.389. The van der Waals surface area contributed by atoms with Gasteiger partial charge in [-0.25, -0.2) is 0 Å². The van der Waals surface area contributed by atoms with Crippen LogP contribution in [0.25, 0.3) is 3.62 Å². The fourth-order valence-corrected chi connectivity index (χ4v) is 6.62. The van der Waals surface area contributed by atoms with Gasteiger partial charge in [0, 0.05) is 0 Å². The van der Waals surface area contributed by atoms with Crippen molar-refractivity contribution >= 4 is 36.3 Å². The van der Waals surface area contributed by atoms with Crippen LogP contribution in [0.3, 0.4) is 0 Å². The van der Waals surface area contributed by atoms with Gasteiger partial charge in [-0.1, -0.05) is 0 Å². The third-order valence-corrected chi connectivity index (χ3v) is 7.77. The molecule has 2 aromatic rings. The summed E-state index contributed by atoms with van der Waals surface area (Å²) in [6.45, 7) is 2.28. The Morgan fingerprint density at radius 2 is 1.67 bits per heavy atom. The van der Waals surface area contributed by atoms with Gasteiger partial charge in [-0.2, -0.15) is 0 Å². The van der Waals surface area contributed by atoms with Crippen molar-refractivity contribution in [1.29, 1.82) is 0 Å². The summed E-state index contributed by atoms with van der Waals surface area (Å²) in [5.41, 5.74) is 2.83. The van der Waals surface area contributed by atoms with Crippen molar-refractivity contribution in [3.05, 3.63) is 77.2 Å². The molecule has 110 valence electrons. The number of hydrogen-bond donors (Lipinski definition) is 0. The Morgan fingerprint density at radius 1 is 1.00 bits per heavy atom. The molecule has 0 saturated carbocycles. The van der Waals surface area contributed by atoms with Crippen molar-refractivity contribution < 1.29 is 0 Å². The second-order valence-electron chi connectivity index (χ2n) is 4.85. The molecule has 0 unspecified atom stereocenters. The monoisotopic (exact) mass is 412 g/mol. The van der Waals surface area contributed by atoms with Gasteiger partial charge >= 0.3 is 143 Å². The topological polar surface area (TPSA) is 0 Å². The fraction of sp³-hybridized carbons (Fsp3) is 0.263. The van der Waals surface area contributed by atoms with Crippen molar-refractivity contribution in [2.45, 2.75) is 30.0 Å². The van der Waals surface area contributed by atoms with Gasteiger partial charge in [0.15, 0.2) is 0 Å². The second kappa shape index (κ2) is 10.1. The first kappa shape index (κ1) is 16.7. The molecule has 0 aliphatic rings. The molecular weight excluding hydrogens is 388 g/mol. The molecule has 0 fully saturated rings.